The summed E-state index contributed by atoms with van der Waals surface area (Å²) in [5.74, 6) is -5.09. The van der Waals surface area contributed by atoms with Crippen molar-refractivity contribution in [2.45, 2.75) is 18.4 Å². The summed E-state index contributed by atoms with van der Waals surface area (Å²) in [5.41, 5.74) is 3.18. The van der Waals surface area contributed by atoms with Crippen LogP contribution < -0.4 is 110 Å². The molecule has 0 atom stereocenters. The molecule has 0 aliphatic heterocycles. The molecule has 98 valence electrons. The topological polar surface area (TPSA) is 170 Å². The number of hydrogen-bond acceptors (Lipinski definition) is 9. The number of carboxylic acid groups (broad SMARTS) is 3. The smallest absolute Gasteiger partial charge is 0.550 e. The summed E-state index contributed by atoms with van der Waals surface area (Å²) in [6, 6.07) is 0. The molecule has 0 aromatic heterocycles. The van der Waals surface area contributed by atoms with E-state index in [4.69, 9.17) is 5.73 Å². The van der Waals surface area contributed by atoms with Gasteiger partial charge in [-0.05, 0) is 0 Å². The van der Waals surface area contributed by atoms with Gasteiger partial charge >= 0.3 is 88.7 Å². The molecule has 20 heavy (non-hydrogen) atoms. The number of nitrogens with zero attached hydrogens (tertiary/aromatic N) is 1. The van der Waals surface area contributed by atoms with Crippen LogP contribution in [-0.2, 0) is 14.4 Å². The Morgan fingerprint density at radius 2 is 1.30 bits per heavy atom. The molecule has 0 bridgehead atoms. The second-order valence-electron chi connectivity index (χ2n) is 3.46. The number of aliphatic carboxylic acids is 3. The molecule has 0 saturated heterocycles. The molecule has 9 nitrogen and oxygen atoms in total. The van der Waals surface area contributed by atoms with E-state index in [9.17, 15) is 34.9 Å². The fourth-order valence-corrected chi connectivity index (χ4v) is 1.32. The van der Waals surface area contributed by atoms with Gasteiger partial charge in [0.05, 0.1) is 18.1 Å². The molecule has 0 aromatic rings. The van der Waals surface area contributed by atoms with Gasteiger partial charge in [0, 0.05) is 31.3 Å². The van der Waals surface area contributed by atoms with Gasteiger partial charge in [-0.2, -0.15) is 5.06 Å². The monoisotopic (exact) mass is 316 g/mol. The van der Waals surface area contributed by atoms with E-state index in [1.54, 1.807) is 0 Å². The third-order valence-electron chi connectivity index (χ3n) is 2.15. The van der Waals surface area contributed by atoms with E-state index in [-0.39, 0.29) is 93.7 Å². The van der Waals surface area contributed by atoms with Crippen LogP contribution in [0.4, 0.5) is 0 Å². The molecule has 0 fully saturated rings. The molecule has 0 aromatic carbocycles. The fourth-order valence-electron chi connectivity index (χ4n) is 1.32. The normalized spacial score (nSPS) is 9.75. The van der Waals surface area contributed by atoms with Crippen LogP contribution in [0, 0.1) is 0 Å². The van der Waals surface area contributed by atoms with Crippen molar-refractivity contribution in [3.8, 4) is 0 Å². The largest absolute Gasteiger partial charge is 1.00 e. The Kier molecular flexibility index (Phi) is 20.4. The zero-order valence-corrected chi connectivity index (χ0v) is 17.7. The number of rotatable bonds is 8. The molecule has 0 spiro atoms. The van der Waals surface area contributed by atoms with Crippen LogP contribution in [-0.4, -0.2) is 46.8 Å². The standard InChI is InChI=1S/C8H14N2O7.3Na/c9-4-8(1-5(11)12,2-6(13)14)10(17)3-7(15)16;;;/h17H,1-4,9H2,(H,11,12)(H,13,14)(H,15,16);;;/q;3*+1/p-3. The maximum atomic E-state index is 10.5. The van der Waals surface area contributed by atoms with Gasteiger partial charge in [0.2, 0.25) is 0 Å². The summed E-state index contributed by atoms with van der Waals surface area (Å²) in [5, 5.41) is 40.6. The van der Waals surface area contributed by atoms with Crippen LogP contribution in [0.5, 0.6) is 0 Å². The maximum absolute atomic E-state index is 10.5. The number of carboxylic acids is 3. The molecule has 12 heteroatoms. The van der Waals surface area contributed by atoms with E-state index in [0.29, 0.717) is 0 Å². The number of hydrogen-bond donors (Lipinski definition) is 2. The fraction of sp³-hybridized carbons (Fsp3) is 0.625. The zero-order chi connectivity index (χ0) is 13.6. The summed E-state index contributed by atoms with van der Waals surface area (Å²) in [7, 11) is 0. The minimum Gasteiger partial charge on any atom is -0.550 e. The van der Waals surface area contributed by atoms with Crippen molar-refractivity contribution in [2.75, 3.05) is 13.1 Å². The Labute approximate surface area is 181 Å². The molecule has 0 rings (SSSR count). The van der Waals surface area contributed by atoms with E-state index in [2.05, 4.69) is 0 Å². The first kappa shape index (κ1) is 29.3. The molecule has 0 radical (unpaired) electrons. The maximum Gasteiger partial charge on any atom is 1.00 e. The van der Waals surface area contributed by atoms with Crippen molar-refractivity contribution in [2.24, 2.45) is 5.73 Å². The summed E-state index contributed by atoms with van der Waals surface area (Å²) in [4.78, 5) is 31.2. The van der Waals surface area contributed by atoms with Crippen LogP contribution in [0.25, 0.3) is 0 Å². The predicted molar refractivity (Wildman–Crippen MR) is 44.5 cm³/mol. The van der Waals surface area contributed by atoms with Crippen LogP contribution in [0.1, 0.15) is 12.8 Å². The second-order valence-corrected chi connectivity index (χ2v) is 3.46. The molecule has 3 N–H and O–H groups in total. The van der Waals surface area contributed by atoms with Crippen LogP contribution in [0.15, 0.2) is 0 Å². The van der Waals surface area contributed by atoms with E-state index in [1.807, 2.05) is 0 Å². The number of carbonyl (C=O) groups excluding carboxylic acids is 3. The first-order valence-corrected chi connectivity index (χ1v) is 4.49. The van der Waals surface area contributed by atoms with Gasteiger partial charge in [0.25, 0.3) is 0 Å². The Bertz CT molecular complexity index is 313. The summed E-state index contributed by atoms with van der Waals surface area (Å²) >= 11 is 0. The average molecular weight is 316 g/mol. The quantitative estimate of drug-likeness (QED) is 0.326. The van der Waals surface area contributed by atoms with Gasteiger partial charge in [0.1, 0.15) is 0 Å². The Hall–Kier alpha value is 1.29. The average Bonchev–Trinajstić information content (AvgIpc) is 2.13. The third kappa shape index (κ3) is 10.9. The van der Waals surface area contributed by atoms with E-state index < -0.39 is 49.4 Å². The van der Waals surface area contributed by atoms with Crippen molar-refractivity contribution < 1.29 is 124 Å². The minimum absolute atomic E-state index is 0. The van der Waals surface area contributed by atoms with Crippen LogP contribution in [0.2, 0.25) is 0 Å². The minimum atomic E-state index is -2.00. The molecule has 0 heterocycles. The van der Waals surface area contributed by atoms with Gasteiger partial charge in [0.15, 0.2) is 0 Å². The summed E-state index contributed by atoms with van der Waals surface area (Å²) in [6.45, 7) is -1.70. The predicted octanol–water partition coefficient (Wildman–Crippen LogP) is -14.6. The summed E-state index contributed by atoms with van der Waals surface area (Å²) in [6.07, 6.45) is -1.91. The Balaban J connectivity index is -0.000000427. The molecular weight excluding hydrogens is 305 g/mol. The van der Waals surface area contributed by atoms with Gasteiger partial charge in [-0.3, -0.25) is 0 Å². The second kappa shape index (κ2) is 13.9. The van der Waals surface area contributed by atoms with Crippen molar-refractivity contribution >= 4 is 17.9 Å². The molecular formula is C8H11N2Na3O7. The van der Waals surface area contributed by atoms with Crippen molar-refractivity contribution in [3.05, 3.63) is 0 Å². The Morgan fingerprint density at radius 1 is 0.950 bits per heavy atom. The van der Waals surface area contributed by atoms with Gasteiger partial charge in [-0.1, -0.05) is 0 Å². The van der Waals surface area contributed by atoms with Gasteiger partial charge < -0.3 is 40.6 Å². The summed E-state index contributed by atoms with van der Waals surface area (Å²) < 4.78 is 0. The SMILES string of the molecule is NCC(CC(=O)[O-])(CC(=O)[O-])N(O)CC(=O)[O-].[Na+].[Na+].[Na+]. The molecule has 0 amide bonds. The van der Waals surface area contributed by atoms with Gasteiger partial charge in [-0.25, -0.2) is 0 Å². The molecule has 0 aliphatic carbocycles. The van der Waals surface area contributed by atoms with E-state index in [0.717, 1.165) is 0 Å². The van der Waals surface area contributed by atoms with Crippen molar-refractivity contribution in [3.63, 3.8) is 0 Å². The van der Waals surface area contributed by atoms with Crippen LogP contribution in [0.3, 0.4) is 0 Å². The molecule has 0 unspecified atom stereocenters. The number of carbonyl (C=O) groups is 3. The van der Waals surface area contributed by atoms with Crippen LogP contribution >= 0.6 is 0 Å². The first-order chi connectivity index (χ1) is 7.73. The number of hydroxylamine groups is 2. The Morgan fingerprint density at radius 3 is 1.50 bits per heavy atom. The molecule has 0 aliphatic rings. The van der Waals surface area contributed by atoms with E-state index in [1.165, 1.54) is 0 Å². The van der Waals surface area contributed by atoms with Crippen molar-refractivity contribution in [1.82, 2.24) is 5.06 Å². The first-order valence-electron chi connectivity index (χ1n) is 4.49. The zero-order valence-electron chi connectivity index (χ0n) is 11.7. The molecule has 0 saturated carbocycles. The number of nitrogens with two attached hydrogens (primary N) is 1. The van der Waals surface area contributed by atoms with Crippen molar-refractivity contribution in [1.29, 1.82) is 0 Å². The van der Waals surface area contributed by atoms with E-state index >= 15 is 0 Å². The third-order valence-corrected chi connectivity index (χ3v) is 2.15. The van der Waals surface area contributed by atoms with Gasteiger partial charge in [-0.15, -0.1) is 0 Å².